The van der Waals surface area contributed by atoms with Crippen molar-refractivity contribution in [2.24, 2.45) is 0 Å². The molecule has 1 aromatic heterocycles. The van der Waals surface area contributed by atoms with Crippen LogP contribution in [0.4, 0.5) is 13.6 Å². The third kappa shape index (κ3) is 4.03. The number of rotatable bonds is 2. The molecule has 1 saturated heterocycles. The second-order valence-corrected chi connectivity index (χ2v) is 7.51. The average molecular weight is 363 g/mol. The van der Waals surface area contributed by atoms with Crippen LogP contribution in [-0.4, -0.2) is 39.5 Å². The SMILES string of the molecule is CC(C)(C)OC(=O)N1CCC(c2ccnn2-c2ccc(F)cc2F)CC1. The predicted octanol–water partition coefficient (Wildman–Crippen LogP) is 4.27. The molecule has 140 valence electrons. The van der Waals surface area contributed by atoms with Gasteiger partial charge in [-0.05, 0) is 51.8 Å². The molecule has 0 N–H and O–H groups in total. The minimum absolute atomic E-state index is 0.139. The van der Waals surface area contributed by atoms with E-state index in [2.05, 4.69) is 5.10 Å². The van der Waals surface area contributed by atoms with Crippen molar-refractivity contribution in [2.75, 3.05) is 13.1 Å². The van der Waals surface area contributed by atoms with Gasteiger partial charge in [0.1, 0.15) is 17.1 Å². The quantitative estimate of drug-likeness (QED) is 0.801. The molecule has 5 nitrogen and oxygen atoms in total. The molecule has 0 saturated carbocycles. The fraction of sp³-hybridized carbons (Fsp3) is 0.474. The van der Waals surface area contributed by atoms with Crippen molar-refractivity contribution >= 4 is 6.09 Å². The Balaban J connectivity index is 1.71. The molecule has 0 bridgehead atoms. The first kappa shape index (κ1) is 18.4. The maximum atomic E-state index is 14.1. The van der Waals surface area contributed by atoms with E-state index < -0.39 is 17.2 Å². The summed E-state index contributed by atoms with van der Waals surface area (Å²) in [4.78, 5) is 13.9. The highest BCUT2D eigenvalue weighted by Gasteiger charge is 2.29. The molecular formula is C19H23F2N3O2. The van der Waals surface area contributed by atoms with Crippen LogP contribution in [0.1, 0.15) is 45.2 Å². The maximum absolute atomic E-state index is 14.1. The van der Waals surface area contributed by atoms with E-state index in [-0.39, 0.29) is 17.7 Å². The van der Waals surface area contributed by atoms with E-state index in [9.17, 15) is 13.6 Å². The fourth-order valence-electron chi connectivity index (χ4n) is 3.16. The molecule has 0 aliphatic carbocycles. The Bertz CT molecular complexity index is 790. The van der Waals surface area contributed by atoms with Crippen LogP contribution in [0.3, 0.4) is 0 Å². The summed E-state index contributed by atoms with van der Waals surface area (Å²) in [5.74, 6) is -1.13. The van der Waals surface area contributed by atoms with E-state index in [0.717, 1.165) is 24.6 Å². The van der Waals surface area contributed by atoms with Crippen molar-refractivity contribution < 1.29 is 18.3 Å². The predicted molar refractivity (Wildman–Crippen MR) is 93.3 cm³/mol. The standard InChI is InChI=1S/C19H23F2N3O2/c1-19(2,3)26-18(25)23-10-7-13(8-11-23)16-6-9-22-24(16)17-5-4-14(20)12-15(17)21/h4-6,9,12-13H,7-8,10-11H2,1-3H3. The van der Waals surface area contributed by atoms with E-state index in [4.69, 9.17) is 4.74 Å². The van der Waals surface area contributed by atoms with Gasteiger partial charge in [0.2, 0.25) is 0 Å². The van der Waals surface area contributed by atoms with E-state index in [1.54, 1.807) is 11.1 Å². The summed E-state index contributed by atoms with van der Waals surface area (Å²) in [5.41, 5.74) is 0.562. The number of nitrogens with zero attached hydrogens (tertiary/aromatic N) is 3. The number of amides is 1. The molecule has 0 spiro atoms. The highest BCUT2D eigenvalue weighted by Crippen LogP contribution is 2.30. The van der Waals surface area contributed by atoms with Gasteiger partial charge in [0.25, 0.3) is 0 Å². The highest BCUT2D eigenvalue weighted by atomic mass is 19.1. The van der Waals surface area contributed by atoms with Gasteiger partial charge in [0.15, 0.2) is 5.82 Å². The van der Waals surface area contributed by atoms with Crippen molar-refractivity contribution in [1.29, 1.82) is 0 Å². The van der Waals surface area contributed by atoms with Crippen LogP contribution < -0.4 is 0 Å². The van der Waals surface area contributed by atoms with Crippen LogP contribution in [-0.2, 0) is 4.74 Å². The lowest BCUT2D eigenvalue weighted by Crippen LogP contribution is -2.41. The number of halogens is 2. The van der Waals surface area contributed by atoms with Crippen LogP contribution in [0.2, 0.25) is 0 Å². The zero-order chi connectivity index (χ0) is 18.9. The second-order valence-electron chi connectivity index (χ2n) is 7.51. The van der Waals surface area contributed by atoms with Gasteiger partial charge < -0.3 is 9.64 Å². The lowest BCUT2D eigenvalue weighted by atomic mass is 9.93. The molecule has 2 heterocycles. The van der Waals surface area contributed by atoms with E-state index >= 15 is 0 Å². The third-order valence-corrected chi connectivity index (χ3v) is 4.37. The number of hydrogen-bond acceptors (Lipinski definition) is 3. The van der Waals surface area contributed by atoms with Crippen molar-refractivity contribution in [2.45, 2.75) is 45.1 Å². The molecule has 3 rings (SSSR count). The fourth-order valence-corrected chi connectivity index (χ4v) is 3.16. The van der Waals surface area contributed by atoms with Crippen molar-refractivity contribution in [3.63, 3.8) is 0 Å². The Hall–Kier alpha value is -2.44. The molecule has 26 heavy (non-hydrogen) atoms. The smallest absolute Gasteiger partial charge is 0.410 e. The number of benzene rings is 1. The number of ether oxygens (including phenoxy) is 1. The van der Waals surface area contributed by atoms with Gasteiger partial charge in [-0.15, -0.1) is 0 Å². The normalized spacial score (nSPS) is 16.0. The first-order valence-electron chi connectivity index (χ1n) is 8.72. The minimum atomic E-state index is -0.652. The van der Waals surface area contributed by atoms with E-state index in [1.807, 2.05) is 26.8 Å². The van der Waals surface area contributed by atoms with E-state index in [1.165, 1.54) is 16.8 Å². The Labute approximate surface area is 151 Å². The molecule has 1 amide bonds. The molecule has 1 aromatic carbocycles. The van der Waals surface area contributed by atoms with Crippen LogP contribution >= 0.6 is 0 Å². The Kier molecular flexibility index (Phi) is 4.98. The number of piperidine rings is 1. The van der Waals surface area contributed by atoms with E-state index in [0.29, 0.717) is 13.1 Å². The molecule has 0 unspecified atom stereocenters. The Morgan fingerprint density at radius 1 is 1.19 bits per heavy atom. The molecule has 0 radical (unpaired) electrons. The van der Waals surface area contributed by atoms with Gasteiger partial charge in [-0.25, -0.2) is 18.3 Å². The van der Waals surface area contributed by atoms with Crippen LogP contribution in [0.5, 0.6) is 0 Å². The zero-order valence-corrected chi connectivity index (χ0v) is 15.2. The monoisotopic (exact) mass is 363 g/mol. The maximum Gasteiger partial charge on any atom is 0.410 e. The summed E-state index contributed by atoms with van der Waals surface area (Å²) in [5, 5.41) is 4.20. The lowest BCUT2D eigenvalue weighted by Gasteiger charge is -2.33. The summed E-state index contributed by atoms with van der Waals surface area (Å²) in [7, 11) is 0. The van der Waals surface area contributed by atoms with Gasteiger partial charge in [-0.2, -0.15) is 5.10 Å². The second kappa shape index (κ2) is 7.05. The van der Waals surface area contributed by atoms with Gasteiger partial charge in [-0.1, -0.05) is 0 Å². The zero-order valence-electron chi connectivity index (χ0n) is 15.2. The minimum Gasteiger partial charge on any atom is -0.444 e. The summed E-state index contributed by atoms with van der Waals surface area (Å²) in [6.45, 7) is 6.65. The number of likely N-dealkylation sites (tertiary alicyclic amines) is 1. The van der Waals surface area contributed by atoms with Crippen LogP contribution in [0, 0.1) is 11.6 Å². The third-order valence-electron chi connectivity index (χ3n) is 4.37. The van der Waals surface area contributed by atoms with Gasteiger partial charge >= 0.3 is 6.09 Å². The van der Waals surface area contributed by atoms with Crippen LogP contribution in [0.15, 0.2) is 30.5 Å². The van der Waals surface area contributed by atoms with Gasteiger partial charge in [-0.3, -0.25) is 0 Å². The molecule has 1 aliphatic rings. The number of hydrogen-bond donors (Lipinski definition) is 0. The largest absolute Gasteiger partial charge is 0.444 e. The molecule has 1 fully saturated rings. The number of aromatic nitrogens is 2. The highest BCUT2D eigenvalue weighted by molar-refractivity contribution is 5.68. The summed E-state index contributed by atoms with van der Waals surface area (Å²) >= 11 is 0. The molecule has 2 aromatic rings. The molecule has 7 heteroatoms. The van der Waals surface area contributed by atoms with Crippen molar-refractivity contribution in [1.82, 2.24) is 14.7 Å². The Morgan fingerprint density at radius 3 is 2.50 bits per heavy atom. The molecular weight excluding hydrogens is 340 g/mol. The molecule has 1 aliphatic heterocycles. The average Bonchev–Trinajstić information content (AvgIpc) is 3.02. The number of carbonyl (C=O) groups excluding carboxylic acids is 1. The van der Waals surface area contributed by atoms with Crippen molar-refractivity contribution in [3.05, 3.63) is 47.8 Å². The topological polar surface area (TPSA) is 47.4 Å². The lowest BCUT2D eigenvalue weighted by molar-refractivity contribution is 0.0203. The van der Waals surface area contributed by atoms with Gasteiger partial charge in [0, 0.05) is 37.0 Å². The Morgan fingerprint density at radius 2 is 1.88 bits per heavy atom. The van der Waals surface area contributed by atoms with Crippen molar-refractivity contribution in [3.8, 4) is 5.69 Å². The molecule has 0 atom stereocenters. The summed E-state index contributed by atoms with van der Waals surface area (Å²) in [6.07, 6.45) is 2.76. The summed E-state index contributed by atoms with van der Waals surface area (Å²) < 4.78 is 34.2. The number of carbonyl (C=O) groups is 1. The first-order chi connectivity index (χ1) is 12.2. The first-order valence-corrected chi connectivity index (χ1v) is 8.72. The van der Waals surface area contributed by atoms with Crippen LogP contribution in [0.25, 0.3) is 5.69 Å². The van der Waals surface area contributed by atoms with Gasteiger partial charge in [0.05, 0.1) is 0 Å². The summed E-state index contributed by atoms with van der Waals surface area (Å²) in [6, 6.07) is 5.30.